The van der Waals surface area contributed by atoms with Gasteiger partial charge in [0.2, 0.25) is 0 Å². The lowest BCUT2D eigenvalue weighted by molar-refractivity contribution is 0.287. The Hall–Kier alpha value is -1.62. The van der Waals surface area contributed by atoms with Crippen LogP contribution in [0.1, 0.15) is 12.2 Å². The number of aliphatic hydroxyl groups is 1. The summed E-state index contributed by atoms with van der Waals surface area (Å²) < 4.78 is 6.77. The summed E-state index contributed by atoms with van der Waals surface area (Å²) in [5.74, 6) is 1.50. The van der Waals surface area contributed by atoms with Crippen LogP contribution in [0.3, 0.4) is 0 Å². The van der Waals surface area contributed by atoms with Crippen molar-refractivity contribution in [3.05, 3.63) is 24.2 Å². The Morgan fingerprint density at radius 2 is 2.33 bits per heavy atom. The van der Waals surface area contributed by atoms with Gasteiger partial charge in [0.05, 0.1) is 13.3 Å². The molecule has 0 aliphatic carbocycles. The number of ether oxygens (including phenoxy) is 1. The van der Waals surface area contributed by atoms with Gasteiger partial charge in [-0.2, -0.15) is 5.10 Å². The van der Waals surface area contributed by atoms with Crippen LogP contribution in [-0.4, -0.2) is 33.4 Å². The summed E-state index contributed by atoms with van der Waals surface area (Å²) in [6, 6.07) is 3.70. The molecule has 5 nitrogen and oxygen atoms in total. The first-order valence-corrected chi connectivity index (χ1v) is 4.83. The molecule has 0 spiro atoms. The molecule has 0 aliphatic heterocycles. The van der Waals surface area contributed by atoms with Crippen LogP contribution in [0.4, 0.5) is 0 Å². The topological polar surface area (TPSA) is 59.7 Å². The zero-order chi connectivity index (χ0) is 10.7. The van der Waals surface area contributed by atoms with Gasteiger partial charge in [-0.25, -0.2) is 9.50 Å². The minimum Gasteiger partial charge on any atom is -0.495 e. The number of aliphatic hydroxyl groups excluding tert-OH is 1. The molecule has 5 heteroatoms. The number of hydrogen-bond acceptors (Lipinski definition) is 4. The van der Waals surface area contributed by atoms with Gasteiger partial charge in [-0.1, -0.05) is 0 Å². The average molecular weight is 207 g/mol. The third kappa shape index (κ3) is 2.07. The van der Waals surface area contributed by atoms with Crippen molar-refractivity contribution in [3.8, 4) is 5.75 Å². The molecule has 0 saturated carbocycles. The van der Waals surface area contributed by atoms with Crippen molar-refractivity contribution in [3.63, 3.8) is 0 Å². The molecule has 0 saturated heterocycles. The fourth-order valence-electron chi connectivity index (χ4n) is 1.37. The molecule has 80 valence electrons. The summed E-state index contributed by atoms with van der Waals surface area (Å²) in [4.78, 5) is 4.31. The van der Waals surface area contributed by atoms with E-state index in [2.05, 4.69) is 10.1 Å². The van der Waals surface area contributed by atoms with Gasteiger partial charge >= 0.3 is 0 Å². The number of fused-ring (bicyclic) bond motifs is 1. The van der Waals surface area contributed by atoms with Crippen LogP contribution in [0.2, 0.25) is 0 Å². The molecule has 15 heavy (non-hydrogen) atoms. The number of aryl methyl sites for hydroxylation is 1. The van der Waals surface area contributed by atoms with E-state index < -0.39 is 0 Å². The van der Waals surface area contributed by atoms with Crippen molar-refractivity contribution >= 4 is 5.65 Å². The van der Waals surface area contributed by atoms with Gasteiger partial charge in [-0.3, -0.25) is 0 Å². The van der Waals surface area contributed by atoms with Crippen LogP contribution in [0, 0.1) is 0 Å². The number of methoxy groups -OCH3 is 1. The molecule has 1 N–H and O–H groups in total. The van der Waals surface area contributed by atoms with Crippen LogP contribution >= 0.6 is 0 Å². The van der Waals surface area contributed by atoms with Gasteiger partial charge in [-0.15, -0.1) is 0 Å². The molecule has 0 unspecified atom stereocenters. The first-order valence-electron chi connectivity index (χ1n) is 4.83. The number of aromatic nitrogens is 3. The van der Waals surface area contributed by atoms with Crippen molar-refractivity contribution < 1.29 is 9.84 Å². The summed E-state index contributed by atoms with van der Waals surface area (Å²) in [5, 5.41) is 13.0. The van der Waals surface area contributed by atoms with Gasteiger partial charge in [-0.05, 0) is 18.6 Å². The third-order valence-electron chi connectivity index (χ3n) is 2.14. The molecule has 0 fully saturated rings. The Bertz CT molecular complexity index is 453. The Kier molecular flexibility index (Phi) is 2.82. The predicted octanol–water partition coefficient (Wildman–Crippen LogP) is 0.663. The summed E-state index contributed by atoms with van der Waals surface area (Å²) in [6.45, 7) is 0.166. The van der Waals surface area contributed by atoms with Gasteiger partial charge in [0.25, 0.3) is 0 Å². The van der Waals surface area contributed by atoms with E-state index in [-0.39, 0.29) is 6.61 Å². The zero-order valence-corrected chi connectivity index (χ0v) is 8.55. The molecule has 0 aromatic carbocycles. The molecular formula is C10H13N3O2. The van der Waals surface area contributed by atoms with E-state index >= 15 is 0 Å². The highest BCUT2D eigenvalue weighted by Crippen LogP contribution is 2.11. The van der Waals surface area contributed by atoms with E-state index in [0.717, 1.165) is 17.2 Å². The van der Waals surface area contributed by atoms with E-state index in [0.29, 0.717) is 12.8 Å². The molecular weight excluding hydrogens is 194 g/mol. The van der Waals surface area contributed by atoms with Gasteiger partial charge in [0.15, 0.2) is 11.5 Å². The first-order chi connectivity index (χ1) is 7.33. The van der Waals surface area contributed by atoms with E-state index in [1.165, 1.54) is 0 Å². The Labute approximate surface area is 87.3 Å². The molecule has 0 radical (unpaired) electrons. The lowest BCUT2D eigenvalue weighted by atomic mass is 10.3. The van der Waals surface area contributed by atoms with Crippen molar-refractivity contribution in [1.82, 2.24) is 14.6 Å². The molecule has 0 atom stereocenters. The summed E-state index contributed by atoms with van der Waals surface area (Å²) >= 11 is 0. The van der Waals surface area contributed by atoms with E-state index in [1.54, 1.807) is 17.8 Å². The maximum absolute atomic E-state index is 8.70. The van der Waals surface area contributed by atoms with E-state index in [4.69, 9.17) is 9.84 Å². The molecule has 0 aliphatic rings. The van der Waals surface area contributed by atoms with Crippen molar-refractivity contribution in [2.75, 3.05) is 13.7 Å². The predicted molar refractivity (Wildman–Crippen MR) is 54.9 cm³/mol. The summed E-state index contributed by atoms with van der Waals surface area (Å²) in [6.07, 6.45) is 3.17. The second kappa shape index (κ2) is 4.27. The highest BCUT2D eigenvalue weighted by Gasteiger charge is 2.03. The molecule has 2 aromatic rings. The maximum Gasteiger partial charge on any atom is 0.155 e. The third-order valence-corrected chi connectivity index (χ3v) is 2.14. The smallest absolute Gasteiger partial charge is 0.155 e. The van der Waals surface area contributed by atoms with Crippen LogP contribution in [0.5, 0.6) is 5.75 Å². The fourth-order valence-corrected chi connectivity index (χ4v) is 1.37. The zero-order valence-electron chi connectivity index (χ0n) is 8.55. The maximum atomic E-state index is 8.70. The van der Waals surface area contributed by atoms with Gasteiger partial charge < -0.3 is 9.84 Å². The largest absolute Gasteiger partial charge is 0.495 e. The molecule has 2 heterocycles. The van der Waals surface area contributed by atoms with Crippen LogP contribution in [0.25, 0.3) is 5.65 Å². The molecule has 0 bridgehead atoms. The standard InChI is InChI=1S/C10H13N3O2/c1-15-8-4-5-10-11-9(3-2-6-14)12-13(10)7-8/h4-5,7,14H,2-3,6H2,1H3. The lowest BCUT2D eigenvalue weighted by Crippen LogP contribution is -1.93. The second-order valence-corrected chi connectivity index (χ2v) is 3.23. The lowest BCUT2D eigenvalue weighted by Gasteiger charge is -1.97. The number of nitrogens with zero attached hydrogens (tertiary/aromatic N) is 3. The van der Waals surface area contributed by atoms with Crippen molar-refractivity contribution in [2.24, 2.45) is 0 Å². The van der Waals surface area contributed by atoms with E-state index in [1.807, 2.05) is 12.1 Å². The second-order valence-electron chi connectivity index (χ2n) is 3.23. The minimum atomic E-state index is 0.166. The van der Waals surface area contributed by atoms with Crippen LogP contribution in [0.15, 0.2) is 18.3 Å². The minimum absolute atomic E-state index is 0.166. The summed E-state index contributed by atoms with van der Waals surface area (Å²) in [7, 11) is 1.62. The fraction of sp³-hybridized carbons (Fsp3) is 0.400. The number of rotatable bonds is 4. The normalized spacial score (nSPS) is 10.8. The highest BCUT2D eigenvalue weighted by atomic mass is 16.5. The van der Waals surface area contributed by atoms with Gasteiger partial charge in [0.1, 0.15) is 5.75 Å². The first kappa shape index (κ1) is 9.92. The summed E-state index contributed by atoms with van der Waals surface area (Å²) in [5.41, 5.74) is 0.795. The van der Waals surface area contributed by atoms with Crippen molar-refractivity contribution in [1.29, 1.82) is 0 Å². The van der Waals surface area contributed by atoms with Crippen LogP contribution < -0.4 is 4.74 Å². The molecule has 2 aromatic heterocycles. The van der Waals surface area contributed by atoms with Crippen molar-refractivity contribution in [2.45, 2.75) is 12.8 Å². The monoisotopic (exact) mass is 207 g/mol. The van der Waals surface area contributed by atoms with Crippen LogP contribution in [-0.2, 0) is 6.42 Å². The number of pyridine rings is 1. The highest BCUT2D eigenvalue weighted by molar-refractivity contribution is 5.40. The quantitative estimate of drug-likeness (QED) is 0.800. The molecule has 2 rings (SSSR count). The number of hydrogen-bond donors (Lipinski definition) is 1. The molecule has 0 amide bonds. The Morgan fingerprint density at radius 1 is 1.47 bits per heavy atom. The van der Waals surface area contributed by atoms with Gasteiger partial charge in [0, 0.05) is 13.0 Å². The average Bonchev–Trinajstić information content (AvgIpc) is 2.67. The Morgan fingerprint density at radius 3 is 3.07 bits per heavy atom. The SMILES string of the molecule is COc1ccc2nc(CCCO)nn2c1. The van der Waals surface area contributed by atoms with E-state index in [9.17, 15) is 0 Å². The Balaban J connectivity index is 2.29.